The SMILES string of the molecule is CC(C)COC(=O)C1CC2=CCC1C2. The van der Waals surface area contributed by atoms with Gasteiger partial charge in [0.25, 0.3) is 0 Å². The second-order valence-corrected chi connectivity index (χ2v) is 4.90. The average molecular weight is 194 g/mol. The zero-order valence-corrected chi connectivity index (χ0v) is 8.95. The summed E-state index contributed by atoms with van der Waals surface area (Å²) in [5.41, 5.74) is 1.47. The second kappa shape index (κ2) is 3.76. The molecular weight excluding hydrogens is 176 g/mol. The van der Waals surface area contributed by atoms with Gasteiger partial charge in [-0.1, -0.05) is 25.5 Å². The molecule has 2 atom stereocenters. The third-order valence-electron chi connectivity index (χ3n) is 3.15. The van der Waals surface area contributed by atoms with Crippen LogP contribution in [0.25, 0.3) is 0 Å². The quantitative estimate of drug-likeness (QED) is 0.510. The lowest BCUT2D eigenvalue weighted by atomic mass is 9.92. The van der Waals surface area contributed by atoms with Crippen molar-refractivity contribution < 1.29 is 9.53 Å². The van der Waals surface area contributed by atoms with Crippen molar-refractivity contribution >= 4 is 5.97 Å². The summed E-state index contributed by atoms with van der Waals surface area (Å²) in [5.74, 6) is 1.21. The van der Waals surface area contributed by atoms with Crippen LogP contribution in [0.1, 0.15) is 33.1 Å². The minimum atomic E-state index is 0.0341. The van der Waals surface area contributed by atoms with Crippen molar-refractivity contribution in [3.63, 3.8) is 0 Å². The summed E-state index contributed by atoms with van der Waals surface area (Å²) in [6, 6.07) is 0. The van der Waals surface area contributed by atoms with Crippen LogP contribution in [0, 0.1) is 17.8 Å². The molecule has 1 fully saturated rings. The first-order valence-corrected chi connectivity index (χ1v) is 5.51. The molecule has 14 heavy (non-hydrogen) atoms. The number of carbonyl (C=O) groups is 1. The first-order valence-electron chi connectivity index (χ1n) is 5.51. The van der Waals surface area contributed by atoms with Crippen LogP contribution >= 0.6 is 0 Å². The van der Waals surface area contributed by atoms with Crippen molar-refractivity contribution in [1.29, 1.82) is 0 Å². The molecule has 2 bridgehead atoms. The molecule has 0 amide bonds. The van der Waals surface area contributed by atoms with E-state index >= 15 is 0 Å². The molecule has 2 unspecified atom stereocenters. The molecule has 0 saturated heterocycles. The molecule has 2 aliphatic rings. The Labute approximate surface area is 85.3 Å². The summed E-state index contributed by atoms with van der Waals surface area (Å²) in [5, 5.41) is 0. The van der Waals surface area contributed by atoms with Gasteiger partial charge in [0.2, 0.25) is 0 Å². The number of hydrogen-bond donors (Lipinski definition) is 0. The Morgan fingerprint density at radius 3 is 2.86 bits per heavy atom. The van der Waals surface area contributed by atoms with Crippen molar-refractivity contribution in [1.82, 2.24) is 0 Å². The number of rotatable bonds is 3. The molecule has 2 heteroatoms. The fourth-order valence-corrected chi connectivity index (χ4v) is 2.38. The lowest BCUT2D eigenvalue weighted by Crippen LogP contribution is -2.23. The molecular formula is C12H18O2. The van der Waals surface area contributed by atoms with Crippen LogP contribution in [0.5, 0.6) is 0 Å². The van der Waals surface area contributed by atoms with E-state index in [1.165, 1.54) is 5.57 Å². The maximum atomic E-state index is 11.7. The zero-order chi connectivity index (χ0) is 10.1. The normalized spacial score (nSPS) is 29.5. The van der Waals surface area contributed by atoms with Crippen LogP contribution < -0.4 is 0 Å². The van der Waals surface area contributed by atoms with Gasteiger partial charge in [-0.05, 0) is 31.1 Å². The highest BCUT2D eigenvalue weighted by Crippen LogP contribution is 2.44. The minimum Gasteiger partial charge on any atom is -0.465 e. The summed E-state index contributed by atoms with van der Waals surface area (Å²) < 4.78 is 5.27. The molecule has 0 aliphatic heterocycles. The van der Waals surface area contributed by atoms with Crippen LogP contribution in [0.3, 0.4) is 0 Å². The highest BCUT2D eigenvalue weighted by molar-refractivity contribution is 5.74. The van der Waals surface area contributed by atoms with Crippen molar-refractivity contribution in [3.05, 3.63) is 11.6 Å². The second-order valence-electron chi connectivity index (χ2n) is 4.90. The van der Waals surface area contributed by atoms with Gasteiger partial charge >= 0.3 is 5.97 Å². The van der Waals surface area contributed by atoms with E-state index in [1.54, 1.807) is 0 Å². The van der Waals surface area contributed by atoms with E-state index in [0.717, 1.165) is 19.3 Å². The van der Waals surface area contributed by atoms with Gasteiger partial charge in [0.1, 0.15) is 0 Å². The lowest BCUT2D eigenvalue weighted by molar-refractivity contribution is -0.150. The first kappa shape index (κ1) is 9.75. The van der Waals surface area contributed by atoms with Gasteiger partial charge in [-0.15, -0.1) is 0 Å². The molecule has 0 N–H and O–H groups in total. The Bertz CT molecular complexity index is 265. The Morgan fingerprint density at radius 1 is 1.57 bits per heavy atom. The zero-order valence-electron chi connectivity index (χ0n) is 8.95. The number of ether oxygens (including phenoxy) is 1. The van der Waals surface area contributed by atoms with E-state index in [9.17, 15) is 4.79 Å². The average Bonchev–Trinajstić information content (AvgIpc) is 2.74. The lowest BCUT2D eigenvalue weighted by Gasteiger charge is -2.18. The molecule has 2 aliphatic carbocycles. The first-order chi connectivity index (χ1) is 6.66. The summed E-state index contributed by atoms with van der Waals surface area (Å²) in [4.78, 5) is 11.7. The maximum absolute atomic E-state index is 11.7. The highest BCUT2D eigenvalue weighted by atomic mass is 16.5. The van der Waals surface area contributed by atoms with Crippen LogP contribution in [0.4, 0.5) is 0 Å². The predicted molar refractivity (Wildman–Crippen MR) is 54.7 cm³/mol. The molecule has 0 aromatic carbocycles. The van der Waals surface area contributed by atoms with Gasteiger partial charge < -0.3 is 4.74 Å². The van der Waals surface area contributed by atoms with Crippen molar-refractivity contribution in [2.45, 2.75) is 33.1 Å². The van der Waals surface area contributed by atoms with Crippen molar-refractivity contribution in [2.75, 3.05) is 6.61 Å². The standard InChI is InChI=1S/C12H18O2/c1-8(2)7-14-12(13)11-6-9-3-4-10(11)5-9/h3,8,10-11H,4-7H2,1-2H3. The summed E-state index contributed by atoms with van der Waals surface area (Å²) in [6.45, 7) is 4.70. The third kappa shape index (κ3) is 1.84. The van der Waals surface area contributed by atoms with E-state index in [1.807, 2.05) is 0 Å². The molecule has 0 heterocycles. The van der Waals surface area contributed by atoms with Gasteiger partial charge in [0.05, 0.1) is 12.5 Å². The van der Waals surface area contributed by atoms with Gasteiger partial charge in [-0.2, -0.15) is 0 Å². The Balaban J connectivity index is 1.85. The van der Waals surface area contributed by atoms with E-state index < -0.39 is 0 Å². The van der Waals surface area contributed by atoms with E-state index in [4.69, 9.17) is 4.74 Å². The van der Waals surface area contributed by atoms with Gasteiger partial charge in [-0.25, -0.2) is 0 Å². The number of esters is 1. The summed E-state index contributed by atoms with van der Waals surface area (Å²) in [7, 11) is 0. The molecule has 2 nitrogen and oxygen atoms in total. The topological polar surface area (TPSA) is 26.3 Å². The molecule has 0 aromatic heterocycles. The Kier molecular flexibility index (Phi) is 2.62. The van der Waals surface area contributed by atoms with Crippen LogP contribution in [0.15, 0.2) is 11.6 Å². The van der Waals surface area contributed by atoms with Crippen molar-refractivity contribution in [2.24, 2.45) is 17.8 Å². The smallest absolute Gasteiger partial charge is 0.309 e. The molecule has 0 radical (unpaired) electrons. The van der Waals surface area contributed by atoms with Crippen LogP contribution in [-0.2, 0) is 9.53 Å². The van der Waals surface area contributed by atoms with Gasteiger partial charge in [0, 0.05) is 0 Å². The molecule has 78 valence electrons. The summed E-state index contributed by atoms with van der Waals surface area (Å²) in [6.07, 6.45) is 5.48. The van der Waals surface area contributed by atoms with Crippen LogP contribution in [0.2, 0.25) is 0 Å². The maximum Gasteiger partial charge on any atom is 0.309 e. The number of fused-ring (bicyclic) bond motifs is 2. The van der Waals surface area contributed by atoms with Gasteiger partial charge in [-0.3, -0.25) is 4.79 Å². The van der Waals surface area contributed by atoms with E-state index in [0.29, 0.717) is 18.4 Å². The molecule has 2 rings (SSSR count). The predicted octanol–water partition coefficient (Wildman–Crippen LogP) is 2.54. The fraction of sp³-hybridized carbons (Fsp3) is 0.750. The Morgan fingerprint density at radius 2 is 2.36 bits per heavy atom. The number of hydrogen-bond acceptors (Lipinski definition) is 2. The van der Waals surface area contributed by atoms with E-state index in [-0.39, 0.29) is 11.9 Å². The molecule has 0 spiro atoms. The molecule has 0 aromatic rings. The fourth-order valence-electron chi connectivity index (χ4n) is 2.38. The van der Waals surface area contributed by atoms with Crippen LogP contribution in [-0.4, -0.2) is 12.6 Å². The largest absolute Gasteiger partial charge is 0.465 e. The number of allylic oxidation sites excluding steroid dienone is 2. The van der Waals surface area contributed by atoms with Gasteiger partial charge in [0.15, 0.2) is 0 Å². The monoisotopic (exact) mass is 194 g/mol. The summed E-state index contributed by atoms with van der Waals surface area (Å²) >= 11 is 0. The number of carbonyl (C=O) groups excluding carboxylic acids is 1. The molecule has 1 saturated carbocycles. The Hall–Kier alpha value is -0.790. The van der Waals surface area contributed by atoms with E-state index in [2.05, 4.69) is 19.9 Å². The highest BCUT2D eigenvalue weighted by Gasteiger charge is 2.39. The third-order valence-corrected chi connectivity index (χ3v) is 3.15. The minimum absolute atomic E-state index is 0.0341. The van der Waals surface area contributed by atoms with Crippen molar-refractivity contribution in [3.8, 4) is 0 Å².